The van der Waals surface area contributed by atoms with E-state index in [4.69, 9.17) is 25.8 Å². The number of rotatable bonds is 8. The van der Waals surface area contributed by atoms with Crippen molar-refractivity contribution >= 4 is 39.8 Å². The van der Waals surface area contributed by atoms with Crippen molar-refractivity contribution in [3.63, 3.8) is 0 Å². The molecule has 0 fully saturated rings. The number of ether oxygens (including phenoxy) is 3. The number of amides is 1. The Morgan fingerprint density at radius 3 is 2.52 bits per heavy atom. The maximum atomic E-state index is 12.9. The van der Waals surface area contributed by atoms with E-state index in [-0.39, 0.29) is 22.0 Å². The normalized spacial score (nSPS) is 10.3. The van der Waals surface area contributed by atoms with Crippen LogP contribution in [0, 0.1) is 18.3 Å². The predicted molar refractivity (Wildman–Crippen MR) is 126 cm³/mol. The maximum Gasteiger partial charge on any atom is 0.348 e. The zero-order valence-electron chi connectivity index (χ0n) is 18.2. The Hall–Kier alpha value is -3.54. The highest BCUT2D eigenvalue weighted by atomic mass is 35.5. The Kier molecular flexibility index (Phi) is 7.93. The van der Waals surface area contributed by atoms with Crippen LogP contribution in [0.3, 0.4) is 0 Å². The molecule has 1 aromatic heterocycles. The van der Waals surface area contributed by atoms with Gasteiger partial charge in [0.15, 0.2) is 11.5 Å². The SMILES string of the molecule is CCOC(=O)c1sc(NC(=O)c2ccc(OCc3ccc(Cl)cc3)c(OC)c2)c(C#N)c1C. The van der Waals surface area contributed by atoms with E-state index in [9.17, 15) is 14.9 Å². The van der Waals surface area contributed by atoms with Crippen LogP contribution < -0.4 is 14.8 Å². The molecule has 0 bridgehead atoms. The molecule has 170 valence electrons. The van der Waals surface area contributed by atoms with Crippen LogP contribution in [0.2, 0.25) is 5.02 Å². The summed E-state index contributed by atoms with van der Waals surface area (Å²) < 4.78 is 16.2. The molecule has 0 atom stereocenters. The summed E-state index contributed by atoms with van der Waals surface area (Å²) in [4.78, 5) is 25.3. The first-order chi connectivity index (χ1) is 15.9. The Balaban J connectivity index is 1.78. The Morgan fingerprint density at radius 1 is 1.15 bits per heavy atom. The molecule has 0 saturated carbocycles. The van der Waals surface area contributed by atoms with Crippen LogP contribution in [0.5, 0.6) is 11.5 Å². The van der Waals surface area contributed by atoms with Gasteiger partial charge in [0.2, 0.25) is 0 Å². The summed E-state index contributed by atoms with van der Waals surface area (Å²) in [5, 5.41) is 13.1. The van der Waals surface area contributed by atoms with E-state index in [2.05, 4.69) is 5.32 Å². The molecule has 0 radical (unpaired) electrons. The van der Waals surface area contributed by atoms with Crippen LogP contribution in [0.1, 0.15) is 43.6 Å². The molecule has 0 aliphatic carbocycles. The summed E-state index contributed by atoms with van der Waals surface area (Å²) in [6, 6.07) is 14.1. The van der Waals surface area contributed by atoms with Crippen molar-refractivity contribution in [1.29, 1.82) is 5.26 Å². The van der Waals surface area contributed by atoms with Crippen LogP contribution in [0.25, 0.3) is 0 Å². The maximum absolute atomic E-state index is 12.9. The predicted octanol–water partition coefficient (Wildman–Crippen LogP) is 5.60. The Morgan fingerprint density at radius 2 is 1.88 bits per heavy atom. The average molecular weight is 485 g/mol. The molecule has 1 amide bonds. The lowest BCUT2D eigenvalue weighted by molar-refractivity contribution is 0.0531. The summed E-state index contributed by atoms with van der Waals surface area (Å²) in [5.74, 6) is -0.128. The molecule has 1 heterocycles. The molecule has 33 heavy (non-hydrogen) atoms. The van der Waals surface area contributed by atoms with E-state index in [1.165, 1.54) is 7.11 Å². The van der Waals surface area contributed by atoms with Gasteiger partial charge in [-0.1, -0.05) is 23.7 Å². The number of benzene rings is 2. The minimum Gasteiger partial charge on any atom is -0.493 e. The number of carbonyl (C=O) groups excluding carboxylic acids is 2. The summed E-state index contributed by atoms with van der Waals surface area (Å²) in [6.07, 6.45) is 0. The standard InChI is InChI=1S/C24H21ClN2O5S/c1-4-31-24(29)21-14(2)18(12-26)23(33-21)27-22(28)16-7-10-19(20(11-16)30-3)32-13-15-5-8-17(25)9-6-15/h5-11H,4,13H2,1-3H3,(H,27,28). The van der Waals surface area contributed by atoms with E-state index < -0.39 is 11.9 Å². The number of esters is 1. The summed E-state index contributed by atoms with van der Waals surface area (Å²) in [5.41, 5.74) is 1.93. The zero-order valence-corrected chi connectivity index (χ0v) is 19.8. The van der Waals surface area contributed by atoms with Gasteiger partial charge in [0.05, 0.1) is 19.3 Å². The second-order valence-corrected chi connectivity index (χ2v) is 8.28. The average Bonchev–Trinajstić information content (AvgIpc) is 3.13. The fourth-order valence-corrected chi connectivity index (χ4v) is 4.14. The molecule has 3 aromatic rings. The second kappa shape index (κ2) is 10.9. The van der Waals surface area contributed by atoms with Gasteiger partial charge in [-0.3, -0.25) is 4.79 Å². The summed E-state index contributed by atoms with van der Waals surface area (Å²) in [7, 11) is 1.48. The fraction of sp³-hybridized carbons (Fsp3) is 0.208. The zero-order chi connectivity index (χ0) is 24.0. The lowest BCUT2D eigenvalue weighted by atomic mass is 10.1. The van der Waals surface area contributed by atoms with E-state index >= 15 is 0 Å². The number of thiophene rings is 1. The number of hydrogen-bond donors (Lipinski definition) is 1. The molecule has 9 heteroatoms. The highest BCUT2D eigenvalue weighted by Crippen LogP contribution is 2.34. The molecular formula is C24H21ClN2O5S. The van der Waals surface area contributed by atoms with E-state index in [1.54, 1.807) is 44.2 Å². The third-order valence-corrected chi connectivity index (χ3v) is 6.12. The minimum atomic E-state index is -0.527. The van der Waals surface area contributed by atoms with Crippen LogP contribution >= 0.6 is 22.9 Å². The van der Waals surface area contributed by atoms with Gasteiger partial charge in [0.1, 0.15) is 22.6 Å². The highest BCUT2D eigenvalue weighted by Gasteiger charge is 2.23. The Labute approximate surface area is 200 Å². The van der Waals surface area contributed by atoms with Crippen molar-refractivity contribution in [1.82, 2.24) is 0 Å². The smallest absolute Gasteiger partial charge is 0.348 e. The van der Waals surface area contributed by atoms with Crippen molar-refractivity contribution in [3.05, 3.63) is 74.6 Å². The quantitative estimate of drug-likeness (QED) is 0.418. The molecule has 0 aliphatic heterocycles. The minimum absolute atomic E-state index is 0.214. The lowest BCUT2D eigenvalue weighted by Crippen LogP contribution is -2.12. The number of hydrogen-bond acceptors (Lipinski definition) is 7. The highest BCUT2D eigenvalue weighted by molar-refractivity contribution is 7.18. The van der Waals surface area contributed by atoms with Crippen LogP contribution in [-0.4, -0.2) is 25.6 Å². The first-order valence-electron chi connectivity index (χ1n) is 9.95. The molecule has 3 rings (SSSR count). The third kappa shape index (κ3) is 5.64. The second-order valence-electron chi connectivity index (χ2n) is 6.83. The molecule has 0 unspecified atom stereocenters. The first-order valence-corrected chi connectivity index (χ1v) is 11.1. The van der Waals surface area contributed by atoms with E-state index in [0.717, 1.165) is 16.9 Å². The van der Waals surface area contributed by atoms with E-state index in [1.807, 2.05) is 18.2 Å². The Bertz CT molecular complexity index is 1210. The fourth-order valence-electron chi connectivity index (χ4n) is 2.97. The summed E-state index contributed by atoms with van der Waals surface area (Å²) >= 11 is 6.91. The molecule has 1 N–H and O–H groups in total. The number of methoxy groups -OCH3 is 1. The monoisotopic (exact) mass is 484 g/mol. The van der Waals surface area contributed by atoms with Crippen molar-refractivity contribution in [2.45, 2.75) is 20.5 Å². The molecule has 0 spiro atoms. The van der Waals surface area contributed by atoms with Gasteiger partial charge in [0, 0.05) is 10.6 Å². The van der Waals surface area contributed by atoms with Crippen LogP contribution in [0.15, 0.2) is 42.5 Å². The summed E-state index contributed by atoms with van der Waals surface area (Å²) in [6.45, 7) is 3.86. The number of halogens is 1. The number of carbonyl (C=O) groups is 2. The van der Waals surface area contributed by atoms with Gasteiger partial charge in [-0.25, -0.2) is 4.79 Å². The van der Waals surface area contributed by atoms with Gasteiger partial charge in [-0.05, 0) is 55.3 Å². The molecule has 2 aromatic carbocycles. The van der Waals surface area contributed by atoms with Crippen LogP contribution in [0.4, 0.5) is 5.00 Å². The van der Waals surface area contributed by atoms with Crippen LogP contribution in [-0.2, 0) is 11.3 Å². The third-order valence-electron chi connectivity index (χ3n) is 4.68. The van der Waals surface area contributed by atoms with Crippen molar-refractivity contribution in [2.24, 2.45) is 0 Å². The largest absolute Gasteiger partial charge is 0.493 e. The van der Waals surface area contributed by atoms with Crippen molar-refractivity contribution in [2.75, 3.05) is 19.0 Å². The van der Waals surface area contributed by atoms with Gasteiger partial charge in [0.25, 0.3) is 5.91 Å². The van der Waals surface area contributed by atoms with E-state index in [0.29, 0.717) is 34.3 Å². The van der Waals surface area contributed by atoms with Gasteiger partial charge in [-0.15, -0.1) is 11.3 Å². The topological polar surface area (TPSA) is 97.7 Å². The lowest BCUT2D eigenvalue weighted by Gasteiger charge is -2.12. The molecule has 0 aliphatic rings. The molecule has 7 nitrogen and oxygen atoms in total. The number of nitrogens with one attached hydrogen (secondary N) is 1. The van der Waals surface area contributed by atoms with Crippen molar-refractivity contribution < 1.29 is 23.8 Å². The number of nitrogens with zero attached hydrogens (tertiary/aromatic N) is 1. The van der Waals surface area contributed by atoms with Gasteiger partial charge >= 0.3 is 5.97 Å². The molecular weight excluding hydrogens is 464 g/mol. The molecule has 0 saturated heterocycles. The number of anilines is 1. The number of nitriles is 1. The first kappa shape index (κ1) is 24.1. The van der Waals surface area contributed by atoms with Gasteiger partial charge in [-0.2, -0.15) is 5.26 Å². The van der Waals surface area contributed by atoms with Crippen molar-refractivity contribution in [3.8, 4) is 17.6 Å². The van der Waals surface area contributed by atoms with Gasteiger partial charge < -0.3 is 19.5 Å².